The molecule has 5 heteroatoms. The van der Waals surface area contributed by atoms with E-state index in [1.807, 2.05) is 29.0 Å². The zero-order valence-corrected chi connectivity index (χ0v) is 9.83. The van der Waals surface area contributed by atoms with E-state index in [-0.39, 0.29) is 0 Å². The first kappa shape index (κ1) is 10.7. The number of benzene rings is 1. The summed E-state index contributed by atoms with van der Waals surface area (Å²) in [6.45, 7) is 2.29. The number of carbonyl (C=O) groups excluding carboxylic acids is 1. The summed E-state index contributed by atoms with van der Waals surface area (Å²) in [6.07, 6.45) is 2.78. The zero-order valence-electron chi connectivity index (χ0n) is 9.83. The van der Waals surface area contributed by atoms with Crippen LogP contribution >= 0.6 is 0 Å². The number of aryl methyl sites for hydroxylation is 1. The van der Waals surface area contributed by atoms with Crippen LogP contribution in [-0.4, -0.2) is 21.0 Å². The van der Waals surface area contributed by atoms with Gasteiger partial charge in [0.05, 0.1) is 0 Å². The molecule has 0 radical (unpaired) electrons. The summed E-state index contributed by atoms with van der Waals surface area (Å²) in [5.41, 5.74) is 1.67. The zero-order chi connectivity index (χ0) is 12.5. The van der Waals surface area contributed by atoms with E-state index in [2.05, 4.69) is 10.1 Å². The van der Waals surface area contributed by atoms with E-state index in [4.69, 9.17) is 4.52 Å². The second-order valence-electron chi connectivity index (χ2n) is 4.08. The molecule has 0 fully saturated rings. The van der Waals surface area contributed by atoms with Crippen molar-refractivity contribution in [2.24, 2.45) is 0 Å². The highest BCUT2D eigenvalue weighted by Gasteiger charge is 2.08. The summed E-state index contributed by atoms with van der Waals surface area (Å²) < 4.78 is 7.07. The fourth-order valence-corrected chi connectivity index (χ4v) is 2.04. The molecule has 0 amide bonds. The lowest BCUT2D eigenvalue weighted by atomic mass is 10.1. The molecule has 0 bridgehead atoms. The minimum Gasteiger partial charge on any atom is -0.338 e. The van der Waals surface area contributed by atoms with Gasteiger partial charge in [0.25, 0.3) is 0 Å². The molecule has 0 aliphatic heterocycles. The molecular formula is C13H11N3O2. The van der Waals surface area contributed by atoms with Crippen molar-refractivity contribution in [3.05, 3.63) is 47.7 Å². The Balaban J connectivity index is 2.05. The van der Waals surface area contributed by atoms with E-state index < -0.39 is 0 Å². The minimum absolute atomic E-state index is 0.507. The number of aldehydes is 1. The third-order valence-electron chi connectivity index (χ3n) is 2.85. The monoisotopic (exact) mass is 241 g/mol. The lowest BCUT2D eigenvalue weighted by Crippen LogP contribution is -1.98. The normalized spacial score (nSPS) is 10.9. The highest BCUT2D eigenvalue weighted by molar-refractivity contribution is 5.97. The third-order valence-corrected chi connectivity index (χ3v) is 2.85. The first-order valence-electron chi connectivity index (χ1n) is 5.60. The summed E-state index contributed by atoms with van der Waals surface area (Å²) in [4.78, 5) is 15.1. The smallest absolute Gasteiger partial charge is 0.246 e. The van der Waals surface area contributed by atoms with Gasteiger partial charge >= 0.3 is 0 Å². The highest BCUT2D eigenvalue weighted by atomic mass is 16.5. The summed E-state index contributed by atoms with van der Waals surface area (Å²) in [7, 11) is 0. The fourth-order valence-electron chi connectivity index (χ4n) is 2.04. The van der Waals surface area contributed by atoms with Gasteiger partial charge in [0.1, 0.15) is 6.54 Å². The van der Waals surface area contributed by atoms with Crippen molar-refractivity contribution in [2.75, 3.05) is 0 Å². The average Bonchev–Trinajstić information content (AvgIpc) is 2.97. The van der Waals surface area contributed by atoms with E-state index >= 15 is 0 Å². The second-order valence-corrected chi connectivity index (χ2v) is 4.08. The maximum absolute atomic E-state index is 10.9. The van der Waals surface area contributed by atoms with Crippen LogP contribution in [0.5, 0.6) is 0 Å². The number of hydrogen-bond acceptors (Lipinski definition) is 4. The van der Waals surface area contributed by atoms with E-state index in [0.717, 1.165) is 17.2 Å². The van der Waals surface area contributed by atoms with Crippen molar-refractivity contribution in [3.8, 4) is 0 Å². The van der Waals surface area contributed by atoms with Crippen LogP contribution in [0.15, 0.2) is 35.0 Å². The van der Waals surface area contributed by atoms with Crippen LogP contribution < -0.4 is 0 Å². The largest absolute Gasteiger partial charge is 0.338 e. The van der Waals surface area contributed by atoms with Gasteiger partial charge in [0.15, 0.2) is 12.1 Å². The van der Waals surface area contributed by atoms with Crippen molar-refractivity contribution in [1.82, 2.24) is 14.7 Å². The Morgan fingerprint density at radius 2 is 2.28 bits per heavy atom. The maximum Gasteiger partial charge on any atom is 0.246 e. The molecule has 2 aromatic heterocycles. The molecule has 0 aliphatic carbocycles. The summed E-state index contributed by atoms with van der Waals surface area (Å²) >= 11 is 0. The van der Waals surface area contributed by atoms with E-state index in [9.17, 15) is 4.79 Å². The Labute approximate surface area is 103 Å². The first-order chi connectivity index (χ1) is 8.78. The van der Waals surface area contributed by atoms with Crippen molar-refractivity contribution in [1.29, 1.82) is 0 Å². The predicted octanol–water partition coefficient (Wildman–Crippen LogP) is 2.19. The first-order valence-corrected chi connectivity index (χ1v) is 5.60. The van der Waals surface area contributed by atoms with Crippen molar-refractivity contribution < 1.29 is 9.32 Å². The van der Waals surface area contributed by atoms with Crippen molar-refractivity contribution in [3.63, 3.8) is 0 Å². The van der Waals surface area contributed by atoms with Crippen LogP contribution in [0.2, 0.25) is 0 Å². The summed E-state index contributed by atoms with van der Waals surface area (Å²) in [6, 6.07) is 7.55. The predicted molar refractivity (Wildman–Crippen MR) is 65.5 cm³/mol. The maximum atomic E-state index is 10.9. The fraction of sp³-hybridized carbons (Fsp3) is 0.154. The quantitative estimate of drug-likeness (QED) is 0.659. The van der Waals surface area contributed by atoms with Gasteiger partial charge in [-0.05, 0) is 19.1 Å². The van der Waals surface area contributed by atoms with Crippen molar-refractivity contribution >= 4 is 17.2 Å². The standard InChI is InChI=1S/C13H11N3O2/c1-9-14-13(18-15-9)7-16-6-5-11-10(8-17)3-2-4-12(11)16/h2-6,8H,7H2,1H3. The molecule has 0 spiro atoms. The Bertz CT molecular complexity index is 712. The minimum atomic E-state index is 0.507. The van der Waals surface area contributed by atoms with Crippen LogP contribution in [0.3, 0.4) is 0 Å². The van der Waals surface area contributed by atoms with Gasteiger partial charge in [-0.1, -0.05) is 17.3 Å². The van der Waals surface area contributed by atoms with Crippen LogP contribution in [0, 0.1) is 6.92 Å². The molecule has 18 heavy (non-hydrogen) atoms. The van der Waals surface area contributed by atoms with Crippen LogP contribution in [0.1, 0.15) is 22.1 Å². The molecule has 2 heterocycles. The van der Waals surface area contributed by atoms with Crippen LogP contribution in [-0.2, 0) is 6.54 Å². The molecule has 0 aliphatic rings. The van der Waals surface area contributed by atoms with E-state index in [1.54, 1.807) is 13.0 Å². The van der Waals surface area contributed by atoms with E-state index in [0.29, 0.717) is 23.8 Å². The summed E-state index contributed by atoms with van der Waals surface area (Å²) in [5, 5.41) is 4.69. The molecule has 0 saturated carbocycles. The molecule has 5 nitrogen and oxygen atoms in total. The Morgan fingerprint density at radius 3 is 3.00 bits per heavy atom. The molecule has 0 N–H and O–H groups in total. The van der Waals surface area contributed by atoms with Gasteiger partial charge < -0.3 is 9.09 Å². The van der Waals surface area contributed by atoms with Crippen LogP contribution in [0.4, 0.5) is 0 Å². The molecule has 3 rings (SSSR count). The lowest BCUT2D eigenvalue weighted by Gasteiger charge is -2.01. The molecule has 1 aromatic carbocycles. The molecule has 0 atom stereocenters. The van der Waals surface area contributed by atoms with Gasteiger partial charge in [-0.3, -0.25) is 4.79 Å². The lowest BCUT2D eigenvalue weighted by molar-refractivity contribution is 0.112. The van der Waals surface area contributed by atoms with Crippen LogP contribution in [0.25, 0.3) is 10.9 Å². The molecule has 90 valence electrons. The number of carbonyl (C=O) groups is 1. The van der Waals surface area contributed by atoms with E-state index in [1.165, 1.54) is 0 Å². The second kappa shape index (κ2) is 4.10. The number of hydrogen-bond donors (Lipinski definition) is 0. The number of aromatic nitrogens is 3. The van der Waals surface area contributed by atoms with Gasteiger partial charge in [0.2, 0.25) is 5.89 Å². The number of fused-ring (bicyclic) bond motifs is 1. The molecule has 3 aromatic rings. The Kier molecular flexibility index (Phi) is 2.44. The Hall–Kier alpha value is -2.43. The van der Waals surface area contributed by atoms with Gasteiger partial charge in [-0.15, -0.1) is 0 Å². The number of nitrogens with zero attached hydrogens (tertiary/aromatic N) is 3. The summed E-state index contributed by atoms with van der Waals surface area (Å²) in [5.74, 6) is 1.18. The molecular weight excluding hydrogens is 230 g/mol. The topological polar surface area (TPSA) is 60.9 Å². The molecule has 0 unspecified atom stereocenters. The average molecular weight is 241 g/mol. The highest BCUT2D eigenvalue weighted by Crippen LogP contribution is 2.19. The molecule has 0 saturated heterocycles. The van der Waals surface area contributed by atoms with Gasteiger partial charge in [0, 0.05) is 22.7 Å². The van der Waals surface area contributed by atoms with Crippen molar-refractivity contribution in [2.45, 2.75) is 13.5 Å². The van der Waals surface area contributed by atoms with Gasteiger partial charge in [-0.2, -0.15) is 4.98 Å². The number of rotatable bonds is 3. The third kappa shape index (κ3) is 1.69. The SMILES string of the molecule is Cc1noc(Cn2ccc3c(C=O)cccc32)n1. The van der Waals surface area contributed by atoms with Gasteiger partial charge in [-0.25, -0.2) is 0 Å². The Morgan fingerprint density at radius 1 is 1.39 bits per heavy atom.